The number of nitrogens with one attached hydrogen (secondary N) is 1. The van der Waals surface area contributed by atoms with Crippen molar-refractivity contribution in [1.29, 1.82) is 0 Å². The highest BCUT2D eigenvalue weighted by Crippen LogP contribution is 2.19. The van der Waals surface area contributed by atoms with Crippen molar-refractivity contribution in [3.8, 4) is 0 Å². The standard InChI is InChI=1S/C14H20N2O/c1-11-7-3-4-9-13(11)15-14(17)16-10-6-5-8-12(16)2/h3-4,7,9,12H,5-6,8,10H2,1-2H3,(H,15,17). The Morgan fingerprint density at radius 3 is 2.82 bits per heavy atom. The molecule has 1 saturated heterocycles. The highest BCUT2D eigenvalue weighted by Gasteiger charge is 2.23. The predicted octanol–water partition coefficient (Wildman–Crippen LogP) is 3.40. The van der Waals surface area contributed by atoms with Crippen molar-refractivity contribution in [2.24, 2.45) is 0 Å². The van der Waals surface area contributed by atoms with E-state index in [0.29, 0.717) is 6.04 Å². The van der Waals surface area contributed by atoms with Gasteiger partial charge in [-0.15, -0.1) is 0 Å². The third-order valence-corrected chi connectivity index (χ3v) is 3.45. The second kappa shape index (κ2) is 5.21. The highest BCUT2D eigenvalue weighted by atomic mass is 16.2. The van der Waals surface area contributed by atoms with Crippen LogP contribution in [0.4, 0.5) is 10.5 Å². The van der Waals surface area contributed by atoms with Crippen molar-refractivity contribution in [1.82, 2.24) is 4.90 Å². The van der Waals surface area contributed by atoms with Gasteiger partial charge < -0.3 is 10.2 Å². The van der Waals surface area contributed by atoms with E-state index in [9.17, 15) is 4.79 Å². The minimum absolute atomic E-state index is 0.0338. The average Bonchev–Trinajstić information content (AvgIpc) is 2.32. The summed E-state index contributed by atoms with van der Waals surface area (Å²) in [5, 5.41) is 3.00. The number of amides is 2. The normalized spacial score (nSPS) is 20.1. The molecular weight excluding hydrogens is 212 g/mol. The van der Waals surface area contributed by atoms with Crippen molar-refractivity contribution in [2.45, 2.75) is 39.2 Å². The van der Waals surface area contributed by atoms with E-state index >= 15 is 0 Å². The number of para-hydroxylation sites is 1. The Kier molecular flexibility index (Phi) is 3.67. The van der Waals surface area contributed by atoms with Gasteiger partial charge in [-0.3, -0.25) is 0 Å². The number of aryl methyl sites for hydroxylation is 1. The van der Waals surface area contributed by atoms with Gasteiger partial charge in [0.1, 0.15) is 0 Å². The fourth-order valence-corrected chi connectivity index (χ4v) is 2.30. The molecule has 2 amide bonds. The van der Waals surface area contributed by atoms with Crippen LogP contribution >= 0.6 is 0 Å². The van der Waals surface area contributed by atoms with Crippen LogP contribution in [-0.4, -0.2) is 23.5 Å². The predicted molar refractivity (Wildman–Crippen MR) is 70.2 cm³/mol. The van der Waals surface area contributed by atoms with Gasteiger partial charge in [-0.25, -0.2) is 4.79 Å². The molecule has 1 aliphatic rings. The zero-order valence-electron chi connectivity index (χ0n) is 10.6. The van der Waals surface area contributed by atoms with Crippen LogP contribution in [0.1, 0.15) is 31.7 Å². The summed E-state index contributed by atoms with van der Waals surface area (Å²) in [7, 11) is 0. The van der Waals surface area contributed by atoms with Crippen molar-refractivity contribution in [2.75, 3.05) is 11.9 Å². The quantitative estimate of drug-likeness (QED) is 0.790. The second-order valence-electron chi connectivity index (χ2n) is 4.78. The van der Waals surface area contributed by atoms with Crippen molar-refractivity contribution in [3.63, 3.8) is 0 Å². The number of likely N-dealkylation sites (tertiary alicyclic amines) is 1. The lowest BCUT2D eigenvalue weighted by Gasteiger charge is -2.33. The number of piperidine rings is 1. The average molecular weight is 232 g/mol. The molecule has 1 N–H and O–H groups in total. The molecule has 1 aliphatic heterocycles. The maximum Gasteiger partial charge on any atom is 0.322 e. The molecule has 1 fully saturated rings. The summed E-state index contributed by atoms with van der Waals surface area (Å²) in [6.07, 6.45) is 3.46. The van der Waals surface area contributed by atoms with E-state index in [0.717, 1.165) is 30.6 Å². The number of carbonyl (C=O) groups is 1. The summed E-state index contributed by atoms with van der Waals surface area (Å²) in [5.74, 6) is 0. The van der Waals surface area contributed by atoms with Crippen LogP contribution in [0.3, 0.4) is 0 Å². The molecule has 2 rings (SSSR count). The largest absolute Gasteiger partial charge is 0.322 e. The van der Waals surface area contributed by atoms with E-state index in [1.54, 1.807) is 0 Å². The van der Waals surface area contributed by atoms with Crippen LogP contribution in [-0.2, 0) is 0 Å². The van der Waals surface area contributed by atoms with Crippen LogP contribution in [0.25, 0.3) is 0 Å². The number of benzene rings is 1. The van der Waals surface area contributed by atoms with Gasteiger partial charge >= 0.3 is 6.03 Å². The van der Waals surface area contributed by atoms with Gasteiger partial charge in [0, 0.05) is 18.3 Å². The van der Waals surface area contributed by atoms with Gasteiger partial charge in [-0.05, 0) is 44.7 Å². The topological polar surface area (TPSA) is 32.3 Å². The molecule has 0 radical (unpaired) electrons. The van der Waals surface area contributed by atoms with Gasteiger partial charge in [0.25, 0.3) is 0 Å². The lowest BCUT2D eigenvalue weighted by atomic mass is 10.0. The first-order valence-corrected chi connectivity index (χ1v) is 6.32. The first-order valence-electron chi connectivity index (χ1n) is 6.32. The molecule has 0 aliphatic carbocycles. The first kappa shape index (κ1) is 12.0. The molecule has 0 aromatic heterocycles. The first-order chi connectivity index (χ1) is 8.18. The molecular formula is C14H20N2O. The van der Waals surface area contributed by atoms with Crippen molar-refractivity contribution in [3.05, 3.63) is 29.8 Å². The third-order valence-electron chi connectivity index (χ3n) is 3.45. The minimum Gasteiger partial charge on any atom is -0.322 e. The lowest BCUT2D eigenvalue weighted by Crippen LogP contribution is -2.44. The van der Waals surface area contributed by atoms with Crippen LogP contribution in [0.15, 0.2) is 24.3 Å². The Bertz CT molecular complexity index is 403. The number of anilines is 1. The van der Waals surface area contributed by atoms with Crippen molar-refractivity contribution < 1.29 is 4.79 Å². The van der Waals surface area contributed by atoms with Crippen LogP contribution in [0.5, 0.6) is 0 Å². The van der Waals surface area contributed by atoms with Gasteiger partial charge in [0.2, 0.25) is 0 Å². The zero-order valence-corrected chi connectivity index (χ0v) is 10.6. The van der Waals surface area contributed by atoms with Gasteiger partial charge in [0.15, 0.2) is 0 Å². The van der Waals surface area contributed by atoms with Crippen molar-refractivity contribution >= 4 is 11.7 Å². The maximum atomic E-state index is 12.1. The van der Waals surface area contributed by atoms with Crippen LogP contribution in [0.2, 0.25) is 0 Å². The molecule has 1 aromatic carbocycles. The molecule has 92 valence electrons. The van der Waals surface area contributed by atoms with E-state index in [1.807, 2.05) is 36.1 Å². The van der Waals surface area contributed by atoms with Gasteiger partial charge in [0.05, 0.1) is 0 Å². The van der Waals surface area contributed by atoms with E-state index < -0.39 is 0 Å². The summed E-state index contributed by atoms with van der Waals surface area (Å²) in [6, 6.07) is 8.27. The Morgan fingerprint density at radius 1 is 1.35 bits per heavy atom. The monoisotopic (exact) mass is 232 g/mol. The second-order valence-corrected chi connectivity index (χ2v) is 4.78. The molecule has 0 spiro atoms. The molecule has 0 saturated carbocycles. The fourth-order valence-electron chi connectivity index (χ4n) is 2.30. The number of carbonyl (C=O) groups excluding carboxylic acids is 1. The number of rotatable bonds is 1. The van der Waals surface area contributed by atoms with Crippen LogP contribution < -0.4 is 5.32 Å². The molecule has 0 bridgehead atoms. The maximum absolute atomic E-state index is 12.1. The van der Waals surface area contributed by atoms with E-state index in [4.69, 9.17) is 0 Å². The Labute approximate surface area is 103 Å². The molecule has 1 heterocycles. The molecule has 1 aromatic rings. The number of urea groups is 1. The summed E-state index contributed by atoms with van der Waals surface area (Å²) < 4.78 is 0. The Hall–Kier alpha value is -1.51. The zero-order chi connectivity index (χ0) is 12.3. The fraction of sp³-hybridized carbons (Fsp3) is 0.500. The lowest BCUT2D eigenvalue weighted by molar-refractivity contribution is 0.170. The summed E-state index contributed by atoms with van der Waals surface area (Å²) >= 11 is 0. The summed E-state index contributed by atoms with van der Waals surface area (Å²) in [5.41, 5.74) is 2.01. The third kappa shape index (κ3) is 2.78. The number of hydrogen-bond acceptors (Lipinski definition) is 1. The van der Waals surface area contributed by atoms with Crippen LogP contribution in [0, 0.1) is 6.92 Å². The number of nitrogens with zero attached hydrogens (tertiary/aromatic N) is 1. The minimum atomic E-state index is 0.0338. The van der Waals surface area contributed by atoms with Gasteiger partial charge in [-0.2, -0.15) is 0 Å². The smallest absolute Gasteiger partial charge is 0.322 e. The number of hydrogen-bond donors (Lipinski definition) is 1. The summed E-state index contributed by atoms with van der Waals surface area (Å²) in [4.78, 5) is 14.1. The molecule has 1 unspecified atom stereocenters. The van der Waals surface area contributed by atoms with E-state index in [-0.39, 0.29) is 6.03 Å². The van der Waals surface area contributed by atoms with E-state index in [1.165, 1.54) is 6.42 Å². The Balaban J connectivity index is 2.03. The molecule has 3 nitrogen and oxygen atoms in total. The van der Waals surface area contributed by atoms with E-state index in [2.05, 4.69) is 12.2 Å². The SMILES string of the molecule is Cc1ccccc1NC(=O)N1CCCCC1C. The molecule has 1 atom stereocenters. The molecule has 3 heteroatoms. The van der Waals surface area contributed by atoms with Gasteiger partial charge in [-0.1, -0.05) is 18.2 Å². The Morgan fingerprint density at radius 2 is 2.12 bits per heavy atom. The molecule has 17 heavy (non-hydrogen) atoms. The summed E-state index contributed by atoms with van der Waals surface area (Å²) in [6.45, 7) is 5.00. The highest BCUT2D eigenvalue weighted by molar-refractivity contribution is 5.90.